The summed E-state index contributed by atoms with van der Waals surface area (Å²) in [6.45, 7) is 1.83. The summed E-state index contributed by atoms with van der Waals surface area (Å²) in [4.78, 5) is 12.2. The van der Waals surface area contributed by atoms with Crippen LogP contribution in [0, 0.1) is 6.92 Å². The summed E-state index contributed by atoms with van der Waals surface area (Å²) in [6, 6.07) is 15.6. The molecule has 0 aliphatic rings. The molecular weight excluding hydrogens is 479 g/mol. The largest absolute Gasteiger partial charge is 0.323 e. The number of aryl methyl sites for hydroxylation is 1. The molecule has 3 aromatic rings. The van der Waals surface area contributed by atoms with Gasteiger partial charge in [-0.2, -0.15) is 0 Å². The third-order valence-electron chi connectivity index (χ3n) is 4.23. The zero-order chi connectivity index (χ0) is 22.6. The zero-order valence-electron chi connectivity index (χ0n) is 16.2. The van der Waals surface area contributed by atoms with Crippen molar-refractivity contribution in [3.63, 3.8) is 0 Å². The van der Waals surface area contributed by atoms with E-state index < -0.39 is 15.9 Å². The molecule has 0 radical (unpaired) electrons. The second-order valence-electron chi connectivity index (χ2n) is 6.58. The van der Waals surface area contributed by atoms with Gasteiger partial charge in [-0.05, 0) is 72.7 Å². The molecule has 0 saturated heterocycles. The third kappa shape index (κ3) is 6.24. The van der Waals surface area contributed by atoms with Crippen LogP contribution in [-0.4, -0.2) is 14.3 Å². The number of sulfonamides is 1. The number of rotatable bonds is 6. The second kappa shape index (κ2) is 9.75. The number of carbonyl (C=O) groups excluding carboxylic acids is 1. The molecule has 3 aromatic carbocycles. The Kier molecular flexibility index (Phi) is 7.28. The lowest BCUT2D eigenvalue weighted by Gasteiger charge is -2.10. The maximum absolute atomic E-state index is 12.6. The number of anilines is 2. The van der Waals surface area contributed by atoms with Crippen molar-refractivity contribution in [2.75, 3.05) is 10.0 Å². The van der Waals surface area contributed by atoms with Crippen LogP contribution in [0.25, 0.3) is 6.08 Å². The fourth-order valence-corrected chi connectivity index (χ4v) is 4.28. The van der Waals surface area contributed by atoms with Crippen molar-refractivity contribution in [3.05, 3.63) is 92.9 Å². The SMILES string of the molecule is Cc1ccc(NS(=O)(=O)c2ccc(NC(=O)/C=C/c3ccc(Cl)cc3Cl)cc2)cc1Cl. The molecule has 0 unspecified atom stereocenters. The lowest BCUT2D eigenvalue weighted by atomic mass is 10.2. The average Bonchev–Trinajstić information content (AvgIpc) is 2.70. The first-order valence-electron chi connectivity index (χ1n) is 8.97. The standard InChI is InChI=1S/C22H17Cl3N2O3S/c1-14-2-6-18(13-20(14)24)27-31(29,30)19-9-7-17(8-10-19)26-22(28)11-4-15-3-5-16(23)12-21(15)25/h2-13,27H,1H3,(H,26,28)/b11-4+. The van der Waals surface area contributed by atoms with Crippen LogP contribution in [-0.2, 0) is 14.8 Å². The molecule has 0 heterocycles. The van der Waals surface area contributed by atoms with E-state index in [1.54, 1.807) is 42.5 Å². The molecule has 160 valence electrons. The van der Waals surface area contributed by atoms with Gasteiger partial charge < -0.3 is 5.32 Å². The molecule has 0 spiro atoms. The van der Waals surface area contributed by atoms with Gasteiger partial charge in [0.15, 0.2) is 0 Å². The first kappa shape index (κ1) is 23.2. The van der Waals surface area contributed by atoms with Crippen LogP contribution >= 0.6 is 34.8 Å². The van der Waals surface area contributed by atoms with Gasteiger partial charge >= 0.3 is 0 Å². The van der Waals surface area contributed by atoms with Gasteiger partial charge in [0, 0.05) is 26.8 Å². The molecule has 1 amide bonds. The maximum atomic E-state index is 12.6. The Morgan fingerprint density at radius 1 is 0.871 bits per heavy atom. The molecule has 2 N–H and O–H groups in total. The summed E-state index contributed by atoms with van der Waals surface area (Å²) >= 11 is 18.0. The van der Waals surface area contributed by atoms with Gasteiger partial charge in [-0.1, -0.05) is 46.9 Å². The number of hydrogen-bond acceptors (Lipinski definition) is 3. The minimum Gasteiger partial charge on any atom is -0.323 e. The number of nitrogens with one attached hydrogen (secondary N) is 2. The summed E-state index contributed by atoms with van der Waals surface area (Å²) in [5.41, 5.74) is 2.29. The molecule has 0 aromatic heterocycles. The third-order valence-corrected chi connectivity index (χ3v) is 6.60. The van der Waals surface area contributed by atoms with Gasteiger partial charge in [-0.25, -0.2) is 8.42 Å². The average molecular weight is 496 g/mol. The van der Waals surface area contributed by atoms with Crippen LogP contribution in [0.3, 0.4) is 0 Å². The first-order chi connectivity index (χ1) is 14.6. The number of halogens is 3. The van der Waals surface area contributed by atoms with Crippen molar-refractivity contribution in [2.24, 2.45) is 0 Å². The van der Waals surface area contributed by atoms with E-state index in [4.69, 9.17) is 34.8 Å². The molecule has 9 heteroatoms. The van der Waals surface area contributed by atoms with E-state index in [9.17, 15) is 13.2 Å². The quantitative estimate of drug-likeness (QED) is 0.388. The summed E-state index contributed by atoms with van der Waals surface area (Å²) in [6.07, 6.45) is 2.88. The Morgan fingerprint density at radius 3 is 2.19 bits per heavy atom. The number of amides is 1. The molecule has 0 aliphatic carbocycles. The molecular formula is C22H17Cl3N2O3S. The molecule has 0 fully saturated rings. The van der Waals surface area contributed by atoms with Crippen molar-refractivity contribution in [1.29, 1.82) is 0 Å². The van der Waals surface area contributed by atoms with Crippen LogP contribution in [0.2, 0.25) is 15.1 Å². The van der Waals surface area contributed by atoms with Gasteiger partial charge in [-0.3, -0.25) is 9.52 Å². The highest BCUT2D eigenvalue weighted by Crippen LogP contribution is 2.24. The number of carbonyl (C=O) groups is 1. The molecule has 31 heavy (non-hydrogen) atoms. The van der Waals surface area contributed by atoms with E-state index in [1.807, 2.05) is 6.92 Å². The smallest absolute Gasteiger partial charge is 0.261 e. The van der Waals surface area contributed by atoms with E-state index in [2.05, 4.69) is 10.0 Å². The minimum atomic E-state index is -3.80. The predicted octanol–water partition coefficient (Wildman–Crippen LogP) is 6.41. The van der Waals surface area contributed by atoms with Crippen molar-refractivity contribution in [2.45, 2.75) is 11.8 Å². The first-order valence-corrected chi connectivity index (χ1v) is 11.6. The molecule has 0 atom stereocenters. The predicted molar refractivity (Wildman–Crippen MR) is 128 cm³/mol. The number of benzene rings is 3. The van der Waals surface area contributed by atoms with E-state index in [-0.39, 0.29) is 4.90 Å². The van der Waals surface area contributed by atoms with E-state index in [0.29, 0.717) is 32.0 Å². The monoisotopic (exact) mass is 494 g/mol. The van der Waals surface area contributed by atoms with Gasteiger partial charge in [0.2, 0.25) is 5.91 Å². The Balaban J connectivity index is 1.66. The molecule has 3 rings (SSSR count). The Labute approximate surface area is 195 Å². The fraction of sp³-hybridized carbons (Fsp3) is 0.0455. The van der Waals surface area contributed by atoms with Crippen LogP contribution in [0.15, 0.2) is 71.6 Å². The highest BCUT2D eigenvalue weighted by atomic mass is 35.5. The Morgan fingerprint density at radius 2 is 1.55 bits per heavy atom. The van der Waals surface area contributed by atoms with Crippen LogP contribution < -0.4 is 10.0 Å². The molecule has 5 nitrogen and oxygen atoms in total. The lowest BCUT2D eigenvalue weighted by molar-refractivity contribution is -0.111. The molecule has 0 aliphatic heterocycles. The topological polar surface area (TPSA) is 75.3 Å². The van der Waals surface area contributed by atoms with E-state index >= 15 is 0 Å². The normalized spacial score (nSPS) is 11.5. The van der Waals surface area contributed by atoms with Crippen molar-refractivity contribution in [1.82, 2.24) is 0 Å². The summed E-state index contributed by atoms with van der Waals surface area (Å²) in [5.74, 6) is -0.394. The molecule has 0 saturated carbocycles. The summed E-state index contributed by atoms with van der Waals surface area (Å²) in [5, 5.41) is 4.05. The Hall–Kier alpha value is -2.51. The van der Waals surface area contributed by atoms with E-state index in [0.717, 1.165) is 5.56 Å². The van der Waals surface area contributed by atoms with Crippen molar-refractivity contribution in [3.8, 4) is 0 Å². The van der Waals surface area contributed by atoms with Crippen molar-refractivity contribution >= 4 is 68.2 Å². The van der Waals surface area contributed by atoms with Crippen LogP contribution in [0.4, 0.5) is 11.4 Å². The molecule has 0 bridgehead atoms. The highest BCUT2D eigenvalue weighted by molar-refractivity contribution is 7.92. The van der Waals surface area contributed by atoms with Gasteiger partial charge in [0.25, 0.3) is 10.0 Å². The van der Waals surface area contributed by atoms with Crippen molar-refractivity contribution < 1.29 is 13.2 Å². The second-order valence-corrected chi connectivity index (χ2v) is 9.52. The minimum absolute atomic E-state index is 0.0469. The summed E-state index contributed by atoms with van der Waals surface area (Å²) in [7, 11) is -3.80. The van der Waals surface area contributed by atoms with Gasteiger partial charge in [0.1, 0.15) is 0 Å². The lowest BCUT2D eigenvalue weighted by Crippen LogP contribution is -2.13. The number of hydrogen-bond donors (Lipinski definition) is 2. The summed E-state index contributed by atoms with van der Waals surface area (Å²) < 4.78 is 27.6. The fourth-order valence-electron chi connectivity index (χ4n) is 2.57. The Bertz CT molecular complexity index is 1260. The van der Waals surface area contributed by atoms with Gasteiger partial charge in [0.05, 0.1) is 10.6 Å². The zero-order valence-corrected chi connectivity index (χ0v) is 19.3. The van der Waals surface area contributed by atoms with Crippen LogP contribution in [0.5, 0.6) is 0 Å². The van der Waals surface area contributed by atoms with Gasteiger partial charge in [-0.15, -0.1) is 0 Å². The highest BCUT2D eigenvalue weighted by Gasteiger charge is 2.15. The van der Waals surface area contributed by atoms with E-state index in [1.165, 1.54) is 30.3 Å². The van der Waals surface area contributed by atoms with Crippen LogP contribution in [0.1, 0.15) is 11.1 Å². The maximum Gasteiger partial charge on any atom is 0.261 e.